The van der Waals surface area contributed by atoms with Crippen molar-refractivity contribution in [2.24, 2.45) is 5.73 Å². The summed E-state index contributed by atoms with van der Waals surface area (Å²) in [5.41, 5.74) is 5.49. The van der Waals surface area contributed by atoms with E-state index in [2.05, 4.69) is 55.6 Å². The molecule has 0 aromatic rings. The lowest BCUT2D eigenvalue weighted by Gasteiger charge is -2.18. The molecule has 7 nitrogen and oxygen atoms in total. The lowest BCUT2D eigenvalue weighted by molar-refractivity contribution is -0.150. The number of amides is 1. The van der Waals surface area contributed by atoms with Crippen LogP contribution in [0.4, 0.5) is 0 Å². The zero-order chi connectivity index (χ0) is 41.7. The molecule has 0 spiro atoms. The number of rotatable bonds is 44. The predicted molar refractivity (Wildman–Crippen MR) is 243 cm³/mol. The molecule has 0 fully saturated rings. The van der Waals surface area contributed by atoms with Gasteiger partial charge in [-0.1, -0.05) is 159 Å². The summed E-state index contributed by atoms with van der Waals surface area (Å²) in [4.78, 5) is 36.5. The van der Waals surface area contributed by atoms with Crippen molar-refractivity contribution in [1.82, 2.24) is 5.32 Å². The molecule has 0 rings (SSSR count). The normalized spacial score (nSPS) is 12.9. The fourth-order valence-electron chi connectivity index (χ4n) is 7.24. The molecule has 7 heteroatoms. The number of nitrogens with one attached hydrogen (secondary N) is 1. The number of carbonyl (C=O) groups excluding carboxylic acids is 2. The highest BCUT2D eigenvalue weighted by Crippen LogP contribution is 2.19. The third-order valence-corrected chi connectivity index (χ3v) is 10.9. The van der Waals surface area contributed by atoms with Gasteiger partial charge in [-0.25, -0.2) is 4.79 Å². The van der Waals surface area contributed by atoms with Gasteiger partial charge in [-0.15, -0.1) is 0 Å². The van der Waals surface area contributed by atoms with Crippen molar-refractivity contribution in [3.8, 4) is 0 Å². The van der Waals surface area contributed by atoms with E-state index in [4.69, 9.17) is 10.5 Å². The van der Waals surface area contributed by atoms with Crippen LogP contribution in [0.15, 0.2) is 36.5 Å². The maximum Gasteiger partial charge on any atom is 0.326 e. The first-order valence-electron chi connectivity index (χ1n) is 24.3. The summed E-state index contributed by atoms with van der Waals surface area (Å²) < 4.78 is 6.06. The van der Waals surface area contributed by atoms with E-state index in [-0.39, 0.29) is 18.0 Å². The third kappa shape index (κ3) is 41.5. The number of carboxylic acid groups (broad SMARTS) is 1. The summed E-state index contributed by atoms with van der Waals surface area (Å²) in [7, 11) is 0. The van der Waals surface area contributed by atoms with Gasteiger partial charge in [0.15, 0.2) is 0 Å². The lowest BCUT2D eigenvalue weighted by atomic mass is 10.0. The highest BCUT2D eigenvalue weighted by molar-refractivity contribution is 5.83. The molecule has 4 N–H and O–H groups in total. The number of esters is 1. The zero-order valence-electron chi connectivity index (χ0n) is 37.4. The average Bonchev–Trinajstić information content (AvgIpc) is 3.20. The molecular formula is C50H92N2O5. The number of hydrogen-bond donors (Lipinski definition) is 3. The number of carboxylic acids is 1. The maximum absolute atomic E-state index is 12.8. The second-order valence-corrected chi connectivity index (χ2v) is 16.5. The molecular weight excluding hydrogens is 709 g/mol. The van der Waals surface area contributed by atoms with Crippen LogP contribution in [0.25, 0.3) is 0 Å². The van der Waals surface area contributed by atoms with Gasteiger partial charge in [0.1, 0.15) is 12.1 Å². The first-order valence-corrected chi connectivity index (χ1v) is 24.3. The van der Waals surface area contributed by atoms with E-state index in [0.29, 0.717) is 32.2 Å². The second kappa shape index (κ2) is 44.7. The van der Waals surface area contributed by atoms with E-state index in [0.717, 1.165) is 89.9 Å². The van der Waals surface area contributed by atoms with Crippen LogP contribution >= 0.6 is 0 Å². The van der Waals surface area contributed by atoms with Crippen molar-refractivity contribution in [3.63, 3.8) is 0 Å². The van der Waals surface area contributed by atoms with Crippen molar-refractivity contribution in [1.29, 1.82) is 0 Å². The number of carbonyl (C=O) groups is 3. The van der Waals surface area contributed by atoms with Gasteiger partial charge in [-0.3, -0.25) is 9.59 Å². The molecule has 0 saturated heterocycles. The van der Waals surface area contributed by atoms with E-state index < -0.39 is 12.0 Å². The molecule has 0 heterocycles. The Labute approximate surface area is 352 Å². The molecule has 0 saturated carbocycles. The molecule has 0 aliphatic heterocycles. The summed E-state index contributed by atoms with van der Waals surface area (Å²) in [5, 5.41) is 12.0. The Kier molecular flexibility index (Phi) is 42.8. The van der Waals surface area contributed by atoms with Crippen molar-refractivity contribution in [3.05, 3.63) is 36.5 Å². The SMILES string of the molecule is CCCCCC/C=C\C/C=C\CCCCCCCC(=O)OC(CCCCC/C=C\CCCCCCCCCC)CCCCCCCC(=O)NC(CCCN)C(=O)O. The zero-order valence-corrected chi connectivity index (χ0v) is 37.4. The standard InChI is InChI=1S/C50H92N2O5/c1-3-5-7-9-11-13-15-17-19-21-23-25-27-29-34-38-44-49(54)57-46(40-35-31-28-26-24-22-20-18-16-14-12-10-8-6-4-2)41-36-32-30-33-37-43-48(53)52-47(50(55)56)42-39-45-51/h13,15,19,21-22,24,46-47H,3-12,14,16-18,20,23,25-45,51H2,1-2H3,(H,52,53)(H,55,56)/b15-13-,21-19-,24-22-. The van der Waals surface area contributed by atoms with Crippen LogP contribution in [0.3, 0.4) is 0 Å². The molecule has 2 atom stereocenters. The largest absolute Gasteiger partial charge is 0.480 e. The van der Waals surface area contributed by atoms with Gasteiger partial charge in [0.05, 0.1) is 0 Å². The van der Waals surface area contributed by atoms with Crippen LogP contribution < -0.4 is 11.1 Å². The minimum absolute atomic E-state index is 0.00930. The van der Waals surface area contributed by atoms with Crippen LogP contribution in [-0.2, 0) is 19.1 Å². The van der Waals surface area contributed by atoms with Gasteiger partial charge in [-0.05, 0) is 116 Å². The Morgan fingerprint density at radius 1 is 0.509 bits per heavy atom. The van der Waals surface area contributed by atoms with E-state index >= 15 is 0 Å². The average molecular weight is 801 g/mol. The lowest BCUT2D eigenvalue weighted by Crippen LogP contribution is -2.40. The first kappa shape index (κ1) is 54.6. The van der Waals surface area contributed by atoms with Gasteiger partial charge in [-0.2, -0.15) is 0 Å². The number of ether oxygens (including phenoxy) is 1. The summed E-state index contributed by atoms with van der Waals surface area (Å²) in [5.74, 6) is -1.25. The number of unbranched alkanes of at least 4 members (excludes halogenated alkanes) is 24. The van der Waals surface area contributed by atoms with Crippen LogP contribution in [0.1, 0.15) is 245 Å². The monoisotopic (exact) mass is 801 g/mol. The Bertz CT molecular complexity index is 993. The first-order chi connectivity index (χ1) is 27.9. The molecule has 2 unspecified atom stereocenters. The van der Waals surface area contributed by atoms with E-state index in [1.807, 2.05) is 0 Å². The molecule has 1 amide bonds. The minimum atomic E-state index is -1.01. The van der Waals surface area contributed by atoms with Crippen LogP contribution in [-0.4, -0.2) is 41.6 Å². The smallest absolute Gasteiger partial charge is 0.326 e. The fraction of sp³-hybridized carbons (Fsp3) is 0.820. The number of allylic oxidation sites excluding steroid dienone is 6. The van der Waals surface area contributed by atoms with Gasteiger partial charge in [0, 0.05) is 12.8 Å². The topological polar surface area (TPSA) is 119 Å². The minimum Gasteiger partial charge on any atom is -0.480 e. The Balaban J connectivity index is 4.37. The summed E-state index contributed by atoms with van der Waals surface area (Å²) in [6.45, 7) is 4.94. The molecule has 0 aromatic heterocycles. The number of hydrogen-bond acceptors (Lipinski definition) is 5. The molecule has 0 radical (unpaired) electrons. The predicted octanol–water partition coefficient (Wildman–Crippen LogP) is 14.2. The fourth-order valence-corrected chi connectivity index (χ4v) is 7.24. The number of nitrogens with two attached hydrogens (primary N) is 1. The summed E-state index contributed by atoms with van der Waals surface area (Å²) >= 11 is 0. The van der Waals surface area contributed by atoms with Crippen molar-refractivity contribution in [2.75, 3.05) is 6.54 Å². The molecule has 57 heavy (non-hydrogen) atoms. The second-order valence-electron chi connectivity index (χ2n) is 16.5. The quantitative estimate of drug-likeness (QED) is 0.0321. The van der Waals surface area contributed by atoms with Crippen molar-refractivity contribution < 1.29 is 24.2 Å². The van der Waals surface area contributed by atoms with Gasteiger partial charge in [0.2, 0.25) is 5.91 Å². The molecule has 0 aromatic carbocycles. The Morgan fingerprint density at radius 2 is 0.912 bits per heavy atom. The van der Waals surface area contributed by atoms with Gasteiger partial charge >= 0.3 is 11.9 Å². The van der Waals surface area contributed by atoms with Crippen LogP contribution in [0.2, 0.25) is 0 Å². The van der Waals surface area contributed by atoms with Crippen LogP contribution in [0.5, 0.6) is 0 Å². The van der Waals surface area contributed by atoms with E-state index in [9.17, 15) is 19.5 Å². The van der Waals surface area contributed by atoms with Crippen molar-refractivity contribution >= 4 is 17.8 Å². The van der Waals surface area contributed by atoms with Gasteiger partial charge in [0.25, 0.3) is 0 Å². The molecule has 0 aliphatic carbocycles. The summed E-state index contributed by atoms with van der Waals surface area (Å²) in [6.07, 6.45) is 53.3. The summed E-state index contributed by atoms with van der Waals surface area (Å²) in [6, 6.07) is -0.860. The van der Waals surface area contributed by atoms with E-state index in [1.54, 1.807) is 0 Å². The molecule has 0 bridgehead atoms. The molecule has 332 valence electrons. The number of aliphatic carboxylic acids is 1. The third-order valence-electron chi connectivity index (χ3n) is 10.9. The van der Waals surface area contributed by atoms with Crippen molar-refractivity contribution in [2.45, 2.75) is 257 Å². The van der Waals surface area contributed by atoms with Crippen LogP contribution in [0, 0.1) is 0 Å². The van der Waals surface area contributed by atoms with E-state index in [1.165, 1.54) is 116 Å². The Hall–Kier alpha value is -2.41. The highest BCUT2D eigenvalue weighted by Gasteiger charge is 2.19. The maximum atomic E-state index is 12.8. The Morgan fingerprint density at radius 3 is 1.40 bits per heavy atom. The molecule has 0 aliphatic rings. The highest BCUT2D eigenvalue weighted by atomic mass is 16.5. The van der Waals surface area contributed by atoms with Gasteiger partial charge < -0.3 is 20.9 Å².